The van der Waals surface area contributed by atoms with Crippen LogP contribution in [-0.4, -0.2) is 39.0 Å². The summed E-state index contributed by atoms with van der Waals surface area (Å²) in [5.41, 5.74) is 1.68. The van der Waals surface area contributed by atoms with Gasteiger partial charge in [0, 0.05) is 24.4 Å². The Morgan fingerprint density at radius 3 is 3.00 bits per heavy atom. The van der Waals surface area contributed by atoms with Crippen molar-refractivity contribution in [1.29, 1.82) is 0 Å². The Kier molecular flexibility index (Phi) is 5.33. The topological polar surface area (TPSA) is 85.9 Å². The number of hydrogen-bond acceptors (Lipinski definition) is 5. The molecule has 3 rings (SSSR count). The molecule has 0 spiro atoms. The van der Waals surface area contributed by atoms with Crippen molar-refractivity contribution in [3.05, 3.63) is 48.5 Å². The van der Waals surface area contributed by atoms with Crippen LogP contribution in [0.3, 0.4) is 0 Å². The van der Waals surface area contributed by atoms with E-state index in [4.69, 9.17) is 14.7 Å². The van der Waals surface area contributed by atoms with E-state index < -0.39 is 5.97 Å². The predicted molar refractivity (Wildman–Crippen MR) is 91.8 cm³/mol. The van der Waals surface area contributed by atoms with E-state index in [1.807, 2.05) is 42.0 Å². The first-order valence-electron chi connectivity index (χ1n) is 8.32. The first-order valence-corrected chi connectivity index (χ1v) is 8.32. The summed E-state index contributed by atoms with van der Waals surface area (Å²) >= 11 is 0. The zero-order chi connectivity index (χ0) is 17.6. The van der Waals surface area contributed by atoms with Crippen molar-refractivity contribution in [2.45, 2.75) is 38.3 Å². The van der Waals surface area contributed by atoms with Crippen LogP contribution < -0.4 is 4.74 Å². The van der Waals surface area contributed by atoms with Gasteiger partial charge in [0.15, 0.2) is 0 Å². The first-order chi connectivity index (χ1) is 12.2. The number of imidazole rings is 1. The molecule has 1 aromatic carbocycles. The number of rotatable bonds is 7. The molecule has 2 unspecified atom stereocenters. The monoisotopic (exact) mass is 343 g/mol. The number of oxime groups is 1. The number of fused-ring (bicyclic) bond motifs is 1. The van der Waals surface area contributed by atoms with Crippen molar-refractivity contribution in [1.82, 2.24) is 9.55 Å². The van der Waals surface area contributed by atoms with E-state index >= 15 is 0 Å². The minimum Gasteiger partial charge on any atom is -0.487 e. The van der Waals surface area contributed by atoms with Gasteiger partial charge in [-0.05, 0) is 31.9 Å². The molecule has 2 aromatic rings. The second-order valence-electron chi connectivity index (χ2n) is 5.93. The molecule has 0 saturated heterocycles. The van der Waals surface area contributed by atoms with Crippen LogP contribution in [0.2, 0.25) is 0 Å². The van der Waals surface area contributed by atoms with Gasteiger partial charge in [-0.2, -0.15) is 0 Å². The Balaban J connectivity index is 1.78. The Bertz CT molecular complexity index is 743. The summed E-state index contributed by atoms with van der Waals surface area (Å²) in [5, 5.41) is 13.0. The minimum absolute atomic E-state index is 0.126. The third-order valence-electron chi connectivity index (χ3n) is 4.09. The number of aromatic nitrogens is 2. The third-order valence-corrected chi connectivity index (χ3v) is 4.09. The number of carbonyl (C=O) groups is 1. The number of carboxylic acid groups (broad SMARTS) is 1. The average Bonchev–Trinajstić information content (AvgIpc) is 3.11. The van der Waals surface area contributed by atoms with Crippen LogP contribution in [0, 0.1) is 0 Å². The zero-order valence-electron chi connectivity index (χ0n) is 14.0. The van der Waals surface area contributed by atoms with Crippen LogP contribution in [0.25, 0.3) is 0 Å². The van der Waals surface area contributed by atoms with Gasteiger partial charge in [0.2, 0.25) is 0 Å². The Labute approximate surface area is 145 Å². The Hall–Kier alpha value is -2.83. The van der Waals surface area contributed by atoms with Crippen molar-refractivity contribution in [2.75, 3.05) is 6.61 Å². The molecule has 1 N–H and O–H groups in total. The van der Waals surface area contributed by atoms with Crippen molar-refractivity contribution in [3.8, 4) is 5.75 Å². The highest BCUT2D eigenvalue weighted by Crippen LogP contribution is 2.33. The number of carboxylic acids is 1. The molecule has 0 radical (unpaired) electrons. The summed E-state index contributed by atoms with van der Waals surface area (Å²) in [6, 6.07) is 7.59. The second kappa shape index (κ2) is 7.83. The maximum absolute atomic E-state index is 10.5. The molecule has 0 aliphatic carbocycles. The molecule has 1 aliphatic rings. The maximum atomic E-state index is 10.5. The fraction of sp³-hybridized carbons (Fsp3) is 0.389. The van der Waals surface area contributed by atoms with E-state index in [-0.39, 0.29) is 18.6 Å². The Morgan fingerprint density at radius 2 is 2.24 bits per heavy atom. The lowest BCUT2D eigenvalue weighted by Gasteiger charge is -2.32. The summed E-state index contributed by atoms with van der Waals surface area (Å²) in [6.45, 7) is 2.37. The van der Waals surface area contributed by atoms with Gasteiger partial charge in [-0.25, -0.2) is 4.98 Å². The number of unbranched alkanes of at least 4 members (excludes halogenated alkanes) is 1. The van der Waals surface area contributed by atoms with E-state index in [2.05, 4.69) is 10.1 Å². The van der Waals surface area contributed by atoms with Crippen LogP contribution in [0.1, 0.15) is 37.8 Å². The molecule has 25 heavy (non-hydrogen) atoms. The van der Waals surface area contributed by atoms with Crippen LogP contribution in [-0.2, 0) is 9.63 Å². The Morgan fingerprint density at radius 1 is 1.40 bits per heavy atom. The van der Waals surface area contributed by atoms with Crippen molar-refractivity contribution in [2.24, 2.45) is 5.16 Å². The number of aliphatic carboxylic acids is 1. The zero-order valence-corrected chi connectivity index (χ0v) is 14.0. The molecule has 1 aromatic heterocycles. The van der Waals surface area contributed by atoms with Crippen LogP contribution in [0.15, 0.2) is 48.1 Å². The quantitative estimate of drug-likeness (QED) is 0.617. The number of para-hydroxylation sites is 1. The van der Waals surface area contributed by atoms with Gasteiger partial charge in [-0.1, -0.05) is 17.3 Å². The van der Waals surface area contributed by atoms with E-state index in [1.54, 1.807) is 12.5 Å². The molecular weight excluding hydrogens is 322 g/mol. The van der Waals surface area contributed by atoms with Gasteiger partial charge in [0.25, 0.3) is 0 Å². The van der Waals surface area contributed by atoms with Crippen LogP contribution in [0.5, 0.6) is 5.75 Å². The van der Waals surface area contributed by atoms with E-state index in [0.29, 0.717) is 19.4 Å². The van der Waals surface area contributed by atoms with Gasteiger partial charge < -0.3 is 19.2 Å². The van der Waals surface area contributed by atoms with Crippen molar-refractivity contribution >= 4 is 11.7 Å². The standard InChI is InChI=1S/C18H21N3O4/c1-13-18(21-10-9-19-12-21)17(14-6-2-3-7-15(14)25-13)20-24-11-5-4-8-16(22)23/h2-3,6-7,9-10,12-13,18H,4-5,8,11H2,1H3,(H,22,23)/b20-17-. The number of nitrogens with zero attached hydrogens (tertiary/aromatic N) is 3. The summed E-state index contributed by atoms with van der Waals surface area (Å²) in [4.78, 5) is 20.1. The minimum atomic E-state index is -0.793. The highest BCUT2D eigenvalue weighted by molar-refractivity contribution is 6.06. The van der Waals surface area contributed by atoms with E-state index in [0.717, 1.165) is 17.0 Å². The van der Waals surface area contributed by atoms with Crippen molar-refractivity contribution in [3.63, 3.8) is 0 Å². The number of hydrogen-bond donors (Lipinski definition) is 1. The smallest absolute Gasteiger partial charge is 0.303 e. The lowest BCUT2D eigenvalue weighted by molar-refractivity contribution is -0.137. The fourth-order valence-corrected chi connectivity index (χ4v) is 2.91. The van der Waals surface area contributed by atoms with Gasteiger partial charge >= 0.3 is 5.97 Å². The lowest BCUT2D eigenvalue weighted by atomic mass is 9.95. The largest absolute Gasteiger partial charge is 0.487 e. The lowest BCUT2D eigenvalue weighted by Crippen LogP contribution is -2.37. The summed E-state index contributed by atoms with van der Waals surface area (Å²) < 4.78 is 7.97. The molecule has 0 bridgehead atoms. The molecule has 132 valence electrons. The average molecular weight is 343 g/mol. The normalized spacial score (nSPS) is 20.8. The molecule has 0 amide bonds. The number of benzene rings is 1. The molecule has 0 fully saturated rings. The molecule has 0 saturated carbocycles. The molecule has 2 heterocycles. The SMILES string of the molecule is CC1Oc2ccccc2/C(=N/OCCCCC(=O)O)C1n1ccnc1. The molecule has 7 nitrogen and oxygen atoms in total. The fourth-order valence-electron chi connectivity index (χ4n) is 2.91. The van der Waals surface area contributed by atoms with Crippen LogP contribution in [0.4, 0.5) is 0 Å². The molecule has 2 atom stereocenters. The molecule has 7 heteroatoms. The van der Waals surface area contributed by atoms with E-state index in [1.165, 1.54) is 0 Å². The summed E-state index contributed by atoms with van der Waals surface area (Å²) in [6.07, 6.45) is 6.57. The highest BCUT2D eigenvalue weighted by atomic mass is 16.6. The van der Waals surface area contributed by atoms with Gasteiger partial charge in [-0.3, -0.25) is 4.79 Å². The third kappa shape index (κ3) is 3.99. The maximum Gasteiger partial charge on any atom is 0.303 e. The summed E-state index contributed by atoms with van der Waals surface area (Å²) in [7, 11) is 0. The number of ether oxygens (including phenoxy) is 1. The van der Waals surface area contributed by atoms with Crippen molar-refractivity contribution < 1.29 is 19.5 Å². The first kappa shape index (κ1) is 17.0. The van der Waals surface area contributed by atoms with E-state index in [9.17, 15) is 4.79 Å². The highest BCUT2D eigenvalue weighted by Gasteiger charge is 2.34. The van der Waals surface area contributed by atoms with Gasteiger partial charge in [-0.15, -0.1) is 0 Å². The summed E-state index contributed by atoms with van der Waals surface area (Å²) in [5.74, 6) is -0.0155. The second-order valence-corrected chi connectivity index (χ2v) is 5.93. The van der Waals surface area contributed by atoms with Crippen LogP contribution >= 0.6 is 0 Å². The van der Waals surface area contributed by atoms with Gasteiger partial charge in [0.05, 0.1) is 6.33 Å². The molecule has 1 aliphatic heterocycles. The predicted octanol–water partition coefficient (Wildman–Crippen LogP) is 2.88. The van der Waals surface area contributed by atoms with Gasteiger partial charge in [0.1, 0.15) is 30.2 Å². The molecular formula is C18H21N3O4.